The first-order valence-corrected chi connectivity index (χ1v) is 11.8. The van der Waals surface area contributed by atoms with E-state index < -0.39 is 23.8 Å². The second kappa shape index (κ2) is 10.8. The lowest BCUT2D eigenvalue weighted by molar-refractivity contribution is -0.124. The Morgan fingerprint density at radius 3 is 2.39 bits per heavy atom. The summed E-state index contributed by atoms with van der Waals surface area (Å²) in [4.78, 5) is 40.6. The number of hydrazine groups is 1. The van der Waals surface area contributed by atoms with Crippen LogP contribution in [0.25, 0.3) is 0 Å². The van der Waals surface area contributed by atoms with Crippen molar-refractivity contribution in [3.8, 4) is 5.75 Å². The Bertz CT molecular complexity index is 1310. The van der Waals surface area contributed by atoms with Gasteiger partial charge in [0, 0.05) is 16.3 Å². The van der Waals surface area contributed by atoms with E-state index in [9.17, 15) is 14.4 Å². The van der Waals surface area contributed by atoms with Crippen LogP contribution in [-0.4, -0.2) is 41.0 Å². The maximum absolute atomic E-state index is 13.5. The molecule has 0 bridgehead atoms. The fraction of sp³-hybridized carbons (Fsp3) is 0.154. The molecule has 3 amide bonds. The highest BCUT2D eigenvalue weighted by Crippen LogP contribution is 2.28. The van der Waals surface area contributed by atoms with Crippen molar-refractivity contribution in [1.29, 1.82) is 0 Å². The molecule has 0 aliphatic carbocycles. The molecule has 10 heteroatoms. The van der Waals surface area contributed by atoms with Gasteiger partial charge in [0.25, 0.3) is 11.8 Å². The Balaban J connectivity index is 1.60. The number of anilines is 2. The number of benzene rings is 3. The molecule has 1 atom stereocenters. The van der Waals surface area contributed by atoms with Crippen LogP contribution in [0.2, 0.25) is 5.02 Å². The number of hydrogen-bond donors (Lipinski definition) is 2. The molecule has 1 fully saturated rings. The molecule has 1 aliphatic heterocycles. The van der Waals surface area contributed by atoms with Crippen molar-refractivity contribution in [3.63, 3.8) is 0 Å². The van der Waals surface area contributed by atoms with Gasteiger partial charge in [-0.25, -0.2) is 5.01 Å². The lowest BCUT2D eigenvalue weighted by atomic mass is 10.1. The Morgan fingerprint density at radius 2 is 1.75 bits per heavy atom. The highest BCUT2D eigenvalue weighted by atomic mass is 35.5. The second-order valence-corrected chi connectivity index (χ2v) is 8.91. The molecular weight excluding hydrogens is 500 g/mol. The van der Waals surface area contributed by atoms with E-state index >= 15 is 0 Å². The number of ether oxygens (including phenoxy) is 1. The predicted molar refractivity (Wildman–Crippen MR) is 142 cm³/mol. The molecule has 8 nitrogen and oxygen atoms in total. The number of nitrogens with zero attached hydrogens (tertiary/aromatic N) is 2. The third-order valence-electron chi connectivity index (χ3n) is 5.55. The molecule has 1 unspecified atom stereocenters. The van der Waals surface area contributed by atoms with Gasteiger partial charge in [0.2, 0.25) is 11.0 Å². The second-order valence-electron chi connectivity index (χ2n) is 8.11. The van der Waals surface area contributed by atoms with Gasteiger partial charge >= 0.3 is 0 Å². The fourth-order valence-corrected chi connectivity index (χ4v) is 4.25. The van der Waals surface area contributed by atoms with Gasteiger partial charge in [-0.15, -0.1) is 0 Å². The van der Waals surface area contributed by atoms with E-state index in [0.717, 1.165) is 5.56 Å². The van der Waals surface area contributed by atoms with Crippen LogP contribution in [0.1, 0.15) is 22.3 Å². The van der Waals surface area contributed by atoms with Crippen molar-refractivity contribution in [2.45, 2.75) is 19.4 Å². The summed E-state index contributed by atoms with van der Waals surface area (Å²) < 4.78 is 5.19. The van der Waals surface area contributed by atoms with E-state index in [4.69, 9.17) is 28.6 Å². The molecule has 4 rings (SSSR count). The van der Waals surface area contributed by atoms with Crippen molar-refractivity contribution < 1.29 is 19.1 Å². The van der Waals surface area contributed by atoms with Crippen LogP contribution in [0, 0.1) is 6.92 Å². The summed E-state index contributed by atoms with van der Waals surface area (Å²) in [6.45, 7) is 1.91. The average Bonchev–Trinajstić information content (AvgIpc) is 3.08. The molecule has 184 valence electrons. The zero-order chi connectivity index (χ0) is 25.8. The number of hydrogen-bond acceptors (Lipinski definition) is 5. The highest BCUT2D eigenvalue weighted by molar-refractivity contribution is 7.80. The zero-order valence-corrected chi connectivity index (χ0v) is 21.1. The standard InChI is InChI=1S/C26H23ClN4O4S/c1-16-4-3-5-19(14-16)28-23(32)15-22-25(34)30(20-10-12-21(35-2)13-11-20)26(36)31(22)29-24(33)17-6-8-18(27)9-7-17/h3-14,22H,15H2,1-2H3,(H,28,32)(H,29,33). The molecule has 0 aromatic heterocycles. The molecule has 0 spiro atoms. The minimum atomic E-state index is -1.05. The van der Waals surface area contributed by atoms with Crippen LogP contribution >= 0.6 is 23.8 Å². The topological polar surface area (TPSA) is 91.0 Å². The van der Waals surface area contributed by atoms with Gasteiger partial charge in [0.05, 0.1) is 19.2 Å². The lowest BCUT2D eigenvalue weighted by Gasteiger charge is -2.24. The number of carbonyl (C=O) groups is 3. The summed E-state index contributed by atoms with van der Waals surface area (Å²) in [7, 11) is 1.54. The minimum absolute atomic E-state index is 0.0424. The molecule has 0 saturated carbocycles. The van der Waals surface area contributed by atoms with Crippen LogP contribution in [0.5, 0.6) is 5.75 Å². The van der Waals surface area contributed by atoms with Gasteiger partial charge in [0.1, 0.15) is 11.8 Å². The molecule has 2 N–H and O–H groups in total. The van der Waals surface area contributed by atoms with Gasteiger partial charge in [0.15, 0.2) is 0 Å². The largest absolute Gasteiger partial charge is 0.497 e. The normalized spacial score (nSPS) is 15.1. The Hall–Kier alpha value is -3.95. The molecule has 1 heterocycles. The number of rotatable bonds is 7. The minimum Gasteiger partial charge on any atom is -0.497 e. The number of carbonyl (C=O) groups excluding carboxylic acids is 3. The number of thiocarbonyl (C=S) groups is 1. The fourth-order valence-electron chi connectivity index (χ4n) is 3.75. The highest BCUT2D eigenvalue weighted by Gasteiger charge is 2.45. The number of nitrogens with one attached hydrogen (secondary N) is 2. The molecule has 36 heavy (non-hydrogen) atoms. The molecule has 1 saturated heterocycles. The smallest absolute Gasteiger partial charge is 0.269 e. The number of amides is 3. The first-order chi connectivity index (χ1) is 17.3. The predicted octanol–water partition coefficient (Wildman–Crippen LogP) is 4.33. The first kappa shape index (κ1) is 25.2. The number of halogens is 1. The van der Waals surface area contributed by atoms with Crippen molar-refractivity contribution in [2.75, 3.05) is 17.3 Å². The van der Waals surface area contributed by atoms with Crippen molar-refractivity contribution in [2.24, 2.45) is 0 Å². The first-order valence-electron chi connectivity index (χ1n) is 11.0. The van der Waals surface area contributed by atoms with Crippen LogP contribution < -0.4 is 20.4 Å². The quantitative estimate of drug-likeness (QED) is 0.449. The summed E-state index contributed by atoms with van der Waals surface area (Å²) in [5.41, 5.74) is 5.08. The number of methoxy groups -OCH3 is 1. The summed E-state index contributed by atoms with van der Waals surface area (Å²) in [6, 6.07) is 19.3. The van der Waals surface area contributed by atoms with Gasteiger partial charge in [-0.05, 0) is 85.4 Å². The van der Waals surface area contributed by atoms with Crippen molar-refractivity contribution >= 4 is 58.0 Å². The van der Waals surface area contributed by atoms with Gasteiger partial charge < -0.3 is 10.1 Å². The lowest BCUT2D eigenvalue weighted by Crippen LogP contribution is -2.49. The Morgan fingerprint density at radius 1 is 1.06 bits per heavy atom. The van der Waals surface area contributed by atoms with Crippen molar-refractivity contribution in [3.05, 3.63) is 88.9 Å². The maximum atomic E-state index is 13.5. The van der Waals surface area contributed by atoms with Gasteiger partial charge in [-0.1, -0.05) is 23.7 Å². The van der Waals surface area contributed by atoms with Crippen LogP contribution in [0.4, 0.5) is 11.4 Å². The Labute approximate surface area is 218 Å². The maximum Gasteiger partial charge on any atom is 0.269 e. The Kier molecular flexibility index (Phi) is 7.52. The zero-order valence-electron chi connectivity index (χ0n) is 19.5. The summed E-state index contributed by atoms with van der Waals surface area (Å²) in [5.74, 6) is -0.731. The van der Waals surface area contributed by atoms with Crippen LogP contribution in [0.15, 0.2) is 72.8 Å². The summed E-state index contributed by atoms with van der Waals surface area (Å²) >= 11 is 11.5. The molecule has 3 aromatic carbocycles. The van der Waals surface area contributed by atoms with E-state index in [1.165, 1.54) is 17.0 Å². The van der Waals surface area contributed by atoms with Crippen LogP contribution in [0.3, 0.4) is 0 Å². The monoisotopic (exact) mass is 522 g/mol. The molecule has 0 radical (unpaired) electrons. The van der Waals surface area contributed by atoms with Gasteiger partial charge in [-0.2, -0.15) is 0 Å². The van der Waals surface area contributed by atoms with Crippen molar-refractivity contribution in [1.82, 2.24) is 10.4 Å². The van der Waals surface area contributed by atoms with E-state index in [1.807, 2.05) is 25.1 Å². The van der Waals surface area contributed by atoms with E-state index in [1.54, 1.807) is 54.6 Å². The van der Waals surface area contributed by atoms with E-state index in [-0.39, 0.29) is 11.5 Å². The van der Waals surface area contributed by atoms with E-state index in [0.29, 0.717) is 27.7 Å². The molecule has 3 aromatic rings. The summed E-state index contributed by atoms with van der Waals surface area (Å²) in [6.07, 6.45) is -0.236. The number of aryl methyl sites for hydroxylation is 1. The summed E-state index contributed by atoms with van der Waals surface area (Å²) in [5, 5.41) is 4.59. The third-order valence-corrected chi connectivity index (χ3v) is 6.19. The van der Waals surface area contributed by atoms with Crippen LogP contribution in [-0.2, 0) is 9.59 Å². The molecule has 1 aliphatic rings. The van der Waals surface area contributed by atoms with Gasteiger partial charge in [-0.3, -0.25) is 24.7 Å². The SMILES string of the molecule is COc1ccc(N2C(=O)C(CC(=O)Nc3cccc(C)c3)N(NC(=O)c3ccc(Cl)cc3)C2=S)cc1. The van der Waals surface area contributed by atoms with E-state index in [2.05, 4.69) is 10.7 Å². The third kappa shape index (κ3) is 5.48. The molecular formula is C26H23ClN4O4S. The average molecular weight is 523 g/mol.